The van der Waals surface area contributed by atoms with Crippen molar-refractivity contribution in [1.82, 2.24) is 10.1 Å². The number of aliphatic hydroxyl groups is 1. The van der Waals surface area contributed by atoms with E-state index >= 15 is 0 Å². The molecular formula is C24H25N3O6. The number of hydrogen-bond donors (Lipinski definition) is 2. The van der Waals surface area contributed by atoms with Crippen molar-refractivity contribution >= 4 is 17.5 Å². The summed E-state index contributed by atoms with van der Waals surface area (Å²) in [6, 6.07) is 15.5. The number of nitrogens with zero attached hydrogens (tertiary/aromatic N) is 2. The lowest BCUT2D eigenvalue weighted by atomic mass is 9.98. The van der Waals surface area contributed by atoms with Gasteiger partial charge >= 0.3 is 0 Å². The molecule has 0 spiro atoms. The molecule has 2 N–H and O–H groups in total. The normalized spacial score (nSPS) is 18.3. The number of carbonyl (C=O) groups is 2. The Morgan fingerprint density at radius 2 is 1.94 bits per heavy atom. The third-order valence-corrected chi connectivity index (χ3v) is 5.51. The van der Waals surface area contributed by atoms with Crippen LogP contribution < -0.4 is 10.1 Å². The summed E-state index contributed by atoms with van der Waals surface area (Å²) >= 11 is 0. The molecule has 1 fully saturated rings. The van der Waals surface area contributed by atoms with Gasteiger partial charge in [-0.1, -0.05) is 29.4 Å². The van der Waals surface area contributed by atoms with E-state index in [1.54, 1.807) is 49.3 Å². The molecule has 33 heavy (non-hydrogen) atoms. The van der Waals surface area contributed by atoms with Crippen LogP contribution in [0.4, 0.5) is 5.69 Å². The second kappa shape index (κ2) is 9.85. The smallest absolute Gasteiger partial charge is 0.277 e. The summed E-state index contributed by atoms with van der Waals surface area (Å²) in [6.07, 6.45) is -0.506. The lowest BCUT2D eigenvalue weighted by molar-refractivity contribution is -0.162. The van der Waals surface area contributed by atoms with Crippen molar-refractivity contribution in [3.05, 3.63) is 77.2 Å². The molecule has 4 rings (SSSR count). The lowest BCUT2D eigenvalue weighted by Crippen LogP contribution is -2.52. The van der Waals surface area contributed by atoms with E-state index in [9.17, 15) is 14.7 Å². The summed E-state index contributed by atoms with van der Waals surface area (Å²) in [5.41, 5.74) is 2.48. The van der Waals surface area contributed by atoms with Crippen molar-refractivity contribution in [2.24, 2.45) is 0 Å². The summed E-state index contributed by atoms with van der Waals surface area (Å²) in [7, 11) is 1.60. The number of aliphatic hydroxyl groups excluding tert-OH is 1. The van der Waals surface area contributed by atoms with E-state index in [0.29, 0.717) is 18.0 Å². The average molecular weight is 451 g/mol. The van der Waals surface area contributed by atoms with Gasteiger partial charge in [0.15, 0.2) is 5.69 Å². The Kier molecular flexibility index (Phi) is 6.71. The monoisotopic (exact) mass is 451 g/mol. The average Bonchev–Trinajstić information content (AvgIpc) is 3.28. The molecule has 0 bridgehead atoms. The van der Waals surface area contributed by atoms with Crippen LogP contribution >= 0.6 is 0 Å². The first-order valence-electron chi connectivity index (χ1n) is 10.5. The molecule has 1 aliphatic rings. The summed E-state index contributed by atoms with van der Waals surface area (Å²) in [4.78, 5) is 26.5. The largest absolute Gasteiger partial charge is 0.497 e. The summed E-state index contributed by atoms with van der Waals surface area (Å²) in [5.74, 6) is 0.717. The molecular weight excluding hydrogens is 426 g/mol. The van der Waals surface area contributed by atoms with E-state index in [0.717, 1.165) is 16.9 Å². The van der Waals surface area contributed by atoms with E-state index in [1.807, 2.05) is 24.3 Å². The quantitative estimate of drug-likeness (QED) is 0.568. The minimum absolute atomic E-state index is 0.0820. The molecule has 3 aromatic rings. The highest BCUT2D eigenvalue weighted by Crippen LogP contribution is 2.31. The Labute approximate surface area is 190 Å². The highest BCUT2D eigenvalue weighted by Gasteiger charge is 2.37. The van der Waals surface area contributed by atoms with Gasteiger partial charge in [-0.05, 0) is 42.3 Å². The van der Waals surface area contributed by atoms with Gasteiger partial charge in [0.2, 0.25) is 5.91 Å². The molecule has 9 heteroatoms. The number of anilines is 1. The molecule has 0 saturated carbocycles. The highest BCUT2D eigenvalue weighted by molar-refractivity contribution is 6.02. The molecule has 1 saturated heterocycles. The Balaban J connectivity index is 1.47. The van der Waals surface area contributed by atoms with E-state index in [4.69, 9.17) is 14.0 Å². The fourth-order valence-corrected chi connectivity index (χ4v) is 3.77. The number of morpholine rings is 1. The fraction of sp³-hybridized carbons (Fsp3) is 0.292. The van der Waals surface area contributed by atoms with Gasteiger partial charge in [-0.15, -0.1) is 0 Å². The van der Waals surface area contributed by atoms with Crippen LogP contribution in [0.15, 0.2) is 59.1 Å². The molecule has 2 unspecified atom stereocenters. The maximum absolute atomic E-state index is 12.6. The molecule has 1 aliphatic heterocycles. The zero-order valence-corrected chi connectivity index (χ0v) is 18.4. The molecule has 2 heterocycles. The van der Waals surface area contributed by atoms with Crippen LogP contribution in [-0.2, 0) is 16.1 Å². The molecule has 0 aliphatic carbocycles. The number of nitrogens with one attached hydrogen (secondary N) is 1. The van der Waals surface area contributed by atoms with Gasteiger partial charge in [0.1, 0.15) is 24.2 Å². The Bertz CT molecular complexity index is 1110. The van der Waals surface area contributed by atoms with E-state index in [2.05, 4.69) is 10.5 Å². The van der Waals surface area contributed by atoms with Gasteiger partial charge in [0.05, 0.1) is 19.8 Å². The van der Waals surface area contributed by atoms with Crippen LogP contribution in [0.1, 0.15) is 33.5 Å². The molecule has 2 atom stereocenters. The van der Waals surface area contributed by atoms with E-state index in [-0.39, 0.29) is 30.7 Å². The van der Waals surface area contributed by atoms with Gasteiger partial charge in [-0.2, -0.15) is 0 Å². The number of aryl methyl sites for hydroxylation is 1. The van der Waals surface area contributed by atoms with Crippen molar-refractivity contribution in [2.75, 3.05) is 25.6 Å². The lowest BCUT2D eigenvalue weighted by Gasteiger charge is -2.40. The second-order valence-electron chi connectivity index (χ2n) is 7.75. The molecule has 9 nitrogen and oxygen atoms in total. The second-order valence-corrected chi connectivity index (χ2v) is 7.75. The van der Waals surface area contributed by atoms with E-state index < -0.39 is 12.1 Å². The number of methoxy groups -OCH3 is 1. The number of amides is 2. The van der Waals surface area contributed by atoms with Gasteiger partial charge in [0, 0.05) is 18.3 Å². The van der Waals surface area contributed by atoms with E-state index in [1.165, 1.54) is 0 Å². The van der Waals surface area contributed by atoms with Crippen molar-refractivity contribution in [1.29, 1.82) is 0 Å². The summed E-state index contributed by atoms with van der Waals surface area (Å²) in [6.45, 7) is 1.72. The van der Waals surface area contributed by atoms with Crippen LogP contribution in [0.5, 0.6) is 5.75 Å². The summed E-state index contributed by atoms with van der Waals surface area (Å²) < 4.78 is 15.9. The summed E-state index contributed by atoms with van der Waals surface area (Å²) in [5, 5.41) is 16.6. The van der Waals surface area contributed by atoms with Crippen LogP contribution in [0.3, 0.4) is 0 Å². The standard InChI is InChI=1S/C24H25N3O6/c1-15-11-20(26-33-15)24(30)25-18-7-5-17(6-8-18)23-21(13-28)27(22(29)14-32-23)12-16-3-9-19(31-2)10-4-16/h3-11,21,23,28H,12-14H2,1-2H3,(H,25,30). The molecule has 1 aromatic heterocycles. The first-order valence-corrected chi connectivity index (χ1v) is 10.5. The van der Waals surface area contributed by atoms with Crippen LogP contribution in [-0.4, -0.2) is 53.3 Å². The third kappa shape index (κ3) is 5.05. The van der Waals surface area contributed by atoms with Crippen molar-refractivity contribution in [3.8, 4) is 5.75 Å². The number of aromatic nitrogens is 1. The minimum Gasteiger partial charge on any atom is -0.497 e. The van der Waals surface area contributed by atoms with Crippen molar-refractivity contribution in [2.45, 2.75) is 25.6 Å². The molecule has 2 aromatic carbocycles. The topological polar surface area (TPSA) is 114 Å². The highest BCUT2D eigenvalue weighted by atomic mass is 16.5. The van der Waals surface area contributed by atoms with Crippen LogP contribution in [0.25, 0.3) is 0 Å². The molecule has 172 valence electrons. The predicted octanol–water partition coefficient (Wildman–Crippen LogP) is 2.70. The van der Waals surface area contributed by atoms with Gasteiger partial charge in [-0.25, -0.2) is 0 Å². The third-order valence-electron chi connectivity index (χ3n) is 5.51. The van der Waals surface area contributed by atoms with Gasteiger partial charge in [0.25, 0.3) is 5.91 Å². The Morgan fingerprint density at radius 1 is 1.21 bits per heavy atom. The van der Waals surface area contributed by atoms with Gasteiger partial charge < -0.3 is 29.3 Å². The zero-order valence-electron chi connectivity index (χ0n) is 18.4. The SMILES string of the molecule is COc1ccc(CN2C(=O)COC(c3ccc(NC(=O)c4cc(C)on4)cc3)C2CO)cc1. The van der Waals surface area contributed by atoms with Crippen molar-refractivity contribution < 1.29 is 28.7 Å². The fourth-order valence-electron chi connectivity index (χ4n) is 3.77. The first kappa shape index (κ1) is 22.5. The Morgan fingerprint density at radius 3 is 2.55 bits per heavy atom. The number of ether oxygens (including phenoxy) is 2. The first-order chi connectivity index (χ1) is 16.0. The Hall–Kier alpha value is -3.69. The predicted molar refractivity (Wildman–Crippen MR) is 119 cm³/mol. The van der Waals surface area contributed by atoms with Crippen LogP contribution in [0, 0.1) is 6.92 Å². The maximum atomic E-state index is 12.6. The number of hydrogen-bond acceptors (Lipinski definition) is 7. The maximum Gasteiger partial charge on any atom is 0.277 e. The molecule has 0 radical (unpaired) electrons. The minimum atomic E-state index is -0.549. The molecule has 2 amide bonds. The van der Waals surface area contributed by atoms with Crippen molar-refractivity contribution in [3.63, 3.8) is 0 Å². The van der Waals surface area contributed by atoms with Gasteiger partial charge in [-0.3, -0.25) is 9.59 Å². The number of benzene rings is 2. The van der Waals surface area contributed by atoms with Crippen LogP contribution in [0.2, 0.25) is 0 Å². The number of rotatable bonds is 7. The zero-order chi connectivity index (χ0) is 23.4. The number of carbonyl (C=O) groups excluding carboxylic acids is 2.